The van der Waals surface area contributed by atoms with E-state index < -0.39 is 11.9 Å². The number of nitrogens with one attached hydrogen (secondary N) is 1. The van der Waals surface area contributed by atoms with Crippen LogP contribution in [0.25, 0.3) is 0 Å². The minimum Gasteiger partial charge on any atom is -0.465 e. The van der Waals surface area contributed by atoms with Gasteiger partial charge in [-0.15, -0.1) is 0 Å². The molecule has 0 radical (unpaired) electrons. The topological polar surface area (TPSA) is 81.4 Å². The number of oxazole rings is 1. The molecule has 0 saturated heterocycles. The summed E-state index contributed by atoms with van der Waals surface area (Å²) in [5.41, 5.74) is 1.45. The van der Waals surface area contributed by atoms with Crippen LogP contribution < -0.4 is 5.32 Å². The largest absolute Gasteiger partial charge is 0.465 e. The zero-order valence-corrected chi connectivity index (χ0v) is 13.0. The number of amides is 1. The van der Waals surface area contributed by atoms with Gasteiger partial charge in [0.05, 0.1) is 18.4 Å². The van der Waals surface area contributed by atoms with E-state index >= 15 is 0 Å². The number of esters is 1. The van der Waals surface area contributed by atoms with Crippen molar-refractivity contribution in [2.24, 2.45) is 0 Å². The van der Waals surface area contributed by atoms with Crippen LogP contribution in [-0.2, 0) is 4.74 Å². The molecule has 0 bridgehead atoms. The van der Waals surface area contributed by atoms with Crippen LogP contribution in [0.3, 0.4) is 0 Å². The van der Waals surface area contributed by atoms with Gasteiger partial charge in [0.2, 0.25) is 5.76 Å². The number of carbonyl (C=O) groups is 2. The average Bonchev–Trinajstić information content (AvgIpc) is 2.89. The monoisotopic (exact) mass is 302 g/mol. The lowest BCUT2D eigenvalue weighted by atomic mass is 10.1. The van der Waals surface area contributed by atoms with Crippen LogP contribution in [0.1, 0.15) is 52.3 Å². The summed E-state index contributed by atoms with van der Waals surface area (Å²) in [6.07, 6.45) is 0. The maximum Gasteiger partial charge on any atom is 0.337 e. The van der Waals surface area contributed by atoms with Crippen molar-refractivity contribution in [3.63, 3.8) is 0 Å². The molecule has 1 N–H and O–H groups in total. The average molecular weight is 302 g/mol. The van der Waals surface area contributed by atoms with Crippen molar-refractivity contribution in [3.05, 3.63) is 47.2 Å². The molecule has 22 heavy (non-hydrogen) atoms. The van der Waals surface area contributed by atoms with Gasteiger partial charge in [0.15, 0.2) is 5.89 Å². The molecule has 0 unspecified atom stereocenters. The van der Waals surface area contributed by atoms with E-state index in [0.717, 1.165) is 0 Å². The Kier molecular flexibility index (Phi) is 4.60. The Hall–Kier alpha value is -2.63. The molecule has 1 aromatic carbocycles. The Morgan fingerprint density at radius 2 is 2.05 bits per heavy atom. The number of anilines is 1. The van der Waals surface area contributed by atoms with Crippen LogP contribution in [0.5, 0.6) is 0 Å². The molecular weight excluding hydrogens is 284 g/mol. The summed E-state index contributed by atoms with van der Waals surface area (Å²) in [6.45, 7) is 5.57. The lowest BCUT2D eigenvalue weighted by Crippen LogP contribution is -2.14. The van der Waals surface area contributed by atoms with Crippen LogP contribution >= 0.6 is 0 Å². The summed E-state index contributed by atoms with van der Waals surface area (Å²) >= 11 is 0. The number of rotatable bonds is 4. The van der Waals surface area contributed by atoms with Crippen molar-refractivity contribution in [1.82, 2.24) is 4.98 Å². The molecule has 6 heteroatoms. The maximum atomic E-state index is 12.3. The number of carbonyl (C=O) groups excluding carboxylic acids is 2. The van der Waals surface area contributed by atoms with Gasteiger partial charge in [0.25, 0.3) is 5.91 Å². The fourth-order valence-corrected chi connectivity index (χ4v) is 2.03. The standard InChI is InChI=1S/C16H18N2O4/c1-9(2)13-14(22-10(3)17-13)15(19)18-12-7-5-6-11(8-12)16(20)21-4/h5-9H,1-4H3,(H,18,19). The first-order valence-electron chi connectivity index (χ1n) is 6.89. The predicted molar refractivity (Wildman–Crippen MR) is 81.1 cm³/mol. The van der Waals surface area contributed by atoms with E-state index in [1.54, 1.807) is 31.2 Å². The van der Waals surface area contributed by atoms with E-state index in [2.05, 4.69) is 15.0 Å². The molecule has 116 valence electrons. The lowest BCUT2D eigenvalue weighted by Gasteiger charge is -2.07. The highest BCUT2D eigenvalue weighted by molar-refractivity contribution is 6.03. The Balaban J connectivity index is 2.24. The van der Waals surface area contributed by atoms with Gasteiger partial charge in [-0.3, -0.25) is 4.79 Å². The zero-order chi connectivity index (χ0) is 16.3. The SMILES string of the molecule is COC(=O)c1cccc(NC(=O)c2oc(C)nc2C(C)C)c1. The van der Waals surface area contributed by atoms with Gasteiger partial charge in [-0.25, -0.2) is 9.78 Å². The number of hydrogen-bond acceptors (Lipinski definition) is 5. The van der Waals surface area contributed by atoms with Crippen LogP contribution in [0.15, 0.2) is 28.7 Å². The number of benzene rings is 1. The number of aromatic nitrogens is 1. The molecule has 1 aromatic heterocycles. The Morgan fingerprint density at radius 3 is 2.68 bits per heavy atom. The van der Waals surface area contributed by atoms with Gasteiger partial charge in [-0.1, -0.05) is 19.9 Å². The highest BCUT2D eigenvalue weighted by atomic mass is 16.5. The highest BCUT2D eigenvalue weighted by Gasteiger charge is 2.21. The molecule has 2 rings (SSSR count). The van der Waals surface area contributed by atoms with Crippen LogP contribution in [-0.4, -0.2) is 24.0 Å². The third kappa shape index (κ3) is 3.33. The van der Waals surface area contributed by atoms with E-state index in [1.165, 1.54) is 7.11 Å². The smallest absolute Gasteiger partial charge is 0.337 e. The van der Waals surface area contributed by atoms with E-state index in [0.29, 0.717) is 22.8 Å². The second-order valence-corrected chi connectivity index (χ2v) is 5.13. The van der Waals surface area contributed by atoms with Crippen molar-refractivity contribution >= 4 is 17.6 Å². The minimum atomic E-state index is -0.463. The van der Waals surface area contributed by atoms with Crippen LogP contribution in [0.2, 0.25) is 0 Å². The van der Waals surface area contributed by atoms with Gasteiger partial charge in [-0.05, 0) is 24.1 Å². The quantitative estimate of drug-likeness (QED) is 0.877. The third-order valence-electron chi connectivity index (χ3n) is 3.05. The van der Waals surface area contributed by atoms with E-state index in [1.807, 2.05) is 13.8 Å². The zero-order valence-electron chi connectivity index (χ0n) is 13.0. The summed E-state index contributed by atoms with van der Waals surface area (Å²) in [5, 5.41) is 2.71. The van der Waals surface area contributed by atoms with Gasteiger partial charge in [0, 0.05) is 12.6 Å². The fourth-order valence-electron chi connectivity index (χ4n) is 2.03. The van der Waals surface area contributed by atoms with Crippen LogP contribution in [0.4, 0.5) is 5.69 Å². The predicted octanol–water partition coefficient (Wildman–Crippen LogP) is 3.15. The summed E-state index contributed by atoms with van der Waals surface area (Å²) < 4.78 is 10.0. The van der Waals surface area contributed by atoms with E-state index in [9.17, 15) is 9.59 Å². The number of ether oxygens (including phenoxy) is 1. The molecule has 0 saturated carbocycles. The molecule has 0 aliphatic rings. The van der Waals surface area contributed by atoms with E-state index in [-0.39, 0.29) is 11.7 Å². The maximum absolute atomic E-state index is 12.3. The van der Waals surface area contributed by atoms with Crippen molar-refractivity contribution in [2.45, 2.75) is 26.7 Å². The first-order valence-corrected chi connectivity index (χ1v) is 6.89. The number of methoxy groups -OCH3 is 1. The summed E-state index contributed by atoms with van der Waals surface area (Å²) in [6, 6.07) is 6.50. The molecule has 6 nitrogen and oxygen atoms in total. The fraction of sp³-hybridized carbons (Fsp3) is 0.312. The van der Waals surface area contributed by atoms with Gasteiger partial charge in [0.1, 0.15) is 0 Å². The summed E-state index contributed by atoms with van der Waals surface area (Å²) in [7, 11) is 1.31. The van der Waals surface area contributed by atoms with Crippen LogP contribution in [0, 0.1) is 6.92 Å². The Bertz CT molecular complexity index is 704. The minimum absolute atomic E-state index is 0.0691. The molecular formula is C16H18N2O4. The van der Waals surface area contributed by atoms with Gasteiger partial charge >= 0.3 is 5.97 Å². The normalized spacial score (nSPS) is 10.6. The Labute approximate surface area is 128 Å². The molecule has 0 aliphatic carbocycles. The van der Waals surface area contributed by atoms with Crippen molar-refractivity contribution in [2.75, 3.05) is 12.4 Å². The summed E-state index contributed by atoms with van der Waals surface area (Å²) in [5.74, 6) is -0.159. The second kappa shape index (κ2) is 6.43. The highest BCUT2D eigenvalue weighted by Crippen LogP contribution is 2.21. The summed E-state index contributed by atoms with van der Waals surface area (Å²) in [4.78, 5) is 28.1. The Morgan fingerprint density at radius 1 is 1.32 bits per heavy atom. The van der Waals surface area contributed by atoms with Crippen molar-refractivity contribution in [3.8, 4) is 0 Å². The first kappa shape index (κ1) is 15.8. The molecule has 1 amide bonds. The number of nitrogens with zero attached hydrogens (tertiary/aromatic N) is 1. The lowest BCUT2D eigenvalue weighted by molar-refractivity contribution is 0.0600. The van der Waals surface area contributed by atoms with Crippen molar-refractivity contribution in [1.29, 1.82) is 0 Å². The molecule has 0 spiro atoms. The number of aryl methyl sites for hydroxylation is 1. The third-order valence-corrected chi connectivity index (χ3v) is 3.05. The second-order valence-electron chi connectivity index (χ2n) is 5.13. The van der Waals surface area contributed by atoms with Crippen molar-refractivity contribution < 1.29 is 18.7 Å². The van der Waals surface area contributed by atoms with E-state index in [4.69, 9.17) is 4.42 Å². The van der Waals surface area contributed by atoms with Gasteiger partial charge in [-0.2, -0.15) is 0 Å². The molecule has 0 atom stereocenters. The molecule has 0 aliphatic heterocycles. The molecule has 0 fully saturated rings. The molecule has 1 heterocycles. The molecule has 2 aromatic rings. The number of hydrogen-bond donors (Lipinski definition) is 1. The first-order chi connectivity index (χ1) is 10.4. The van der Waals surface area contributed by atoms with Gasteiger partial charge < -0.3 is 14.5 Å².